The highest BCUT2D eigenvalue weighted by Gasteiger charge is 2.05. The predicted octanol–water partition coefficient (Wildman–Crippen LogP) is 4.31. The molecule has 0 aliphatic rings. The molecule has 1 aromatic heterocycles. The van der Waals surface area contributed by atoms with Crippen LogP contribution in [0.25, 0.3) is 23.1 Å². The maximum atomic E-state index is 12.6. The smallest absolute Gasteiger partial charge is 0.116 e. The van der Waals surface area contributed by atoms with Gasteiger partial charge in [-0.3, -0.25) is 0 Å². The van der Waals surface area contributed by atoms with Crippen LogP contribution in [-0.4, -0.2) is 4.98 Å². The van der Waals surface area contributed by atoms with Crippen LogP contribution in [0.5, 0.6) is 0 Å². The van der Waals surface area contributed by atoms with E-state index in [2.05, 4.69) is 18.1 Å². The molecular weight excluding hydrogens is 201 g/mol. The lowest BCUT2D eigenvalue weighted by molar-refractivity contribution is 0.672. The summed E-state index contributed by atoms with van der Waals surface area (Å²) in [4.78, 5) is 3.22. The Kier molecular flexibility index (Phi) is 2.73. The highest BCUT2D eigenvalue weighted by molar-refractivity contribution is 5.93. The van der Waals surface area contributed by atoms with E-state index in [9.17, 15) is 4.39 Å². The zero-order chi connectivity index (χ0) is 11.5. The standard InChI is InChI=1S/C14H12FN/c1-3-13-12(9-8-10(2)15)11-6-4-5-7-14(11)16-13/h3-9,16H,1-2H2/b9-8-. The van der Waals surface area contributed by atoms with Gasteiger partial charge in [0.25, 0.3) is 0 Å². The summed E-state index contributed by atoms with van der Waals surface area (Å²) in [5, 5.41) is 1.05. The molecule has 1 heterocycles. The summed E-state index contributed by atoms with van der Waals surface area (Å²) in [6.45, 7) is 6.93. The molecule has 0 saturated heterocycles. The molecule has 80 valence electrons. The Hall–Kier alpha value is -2.09. The molecular formula is C14H12FN. The third kappa shape index (κ3) is 1.82. The number of benzene rings is 1. The van der Waals surface area contributed by atoms with Gasteiger partial charge in [0, 0.05) is 22.2 Å². The van der Waals surface area contributed by atoms with Crippen molar-refractivity contribution in [2.45, 2.75) is 0 Å². The van der Waals surface area contributed by atoms with Crippen molar-refractivity contribution in [3.05, 3.63) is 60.6 Å². The Morgan fingerprint density at radius 1 is 1.31 bits per heavy atom. The van der Waals surface area contributed by atoms with Gasteiger partial charge in [0.2, 0.25) is 0 Å². The molecule has 0 atom stereocenters. The number of aromatic amines is 1. The lowest BCUT2D eigenvalue weighted by Gasteiger charge is -1.92. The maximum Gasteiger partial charge on any atom is 0.116 e. The van der Waals surface area contributed by atoms with Crippen molar-refractivity contribution in [1.29, 1.82) is 0 Å². The topological polar surface area (TPSA) is 15.8 Å². The summed E-state index contributed by atoms with van der Waals surface area (Å²) in [7, 11) is 0. The molecule has 2 aromatic rings. The fraction of sp³-hybridized carbons (Fsp3) is 0. The predicted molar refractivity (Wildman–Crippen MR) is 67.7 cm³/mol. The summed E-state index contributed by atoms with van der Waals surface area (Å²) in [5.41, 5.74) is 2.84. The Bertz CT molecular complexity index is 575. The summed E-state index contributed by atoms with van der Waals surface area (Å²) in [5.74, 6) is -0.458. The lowest BCUT2D eigenvalue weighted by atomic mass is 10.1. The molecule has 0 saturated carbocycles. The van der Waals surface area contributed by atoms with Gasteiger partial charge in [0.15, 0.2) is 0 Å². The van der Waals surface area contributed by atoms with Crippen LogP contribution in [0.4, 0.5) is 4.39 Å². The van der Waals surface area contributed by atoms with Crippen LogP contribution in [-0.2, 0) is 0 Å². The van der Waals surface area contributed by atoms with Crippen LogP contribution in [0.1, 0.15) is 11.3 Å². The number of halogens is 1. The Morgan fingerprint density at radius 2 is 2.06 bits per heavy atom. The van der Waals surface area contributed by atoms with E-state index in [-0.39, 0.29) is 0 Å². The molecule has 2 heteroatoms. The molecule has 0 unspecified atom stereocenters. The van der Waals surface area contributed by atoms with E-state index in [0.29, 0.717) is 0 Å². The molecule has 2 rings (SSSR count). The second kappa shape index (κ2) is 4.19. The third-order valence-electron chi connectivity index (χ3n) is 2.41. The van der Waals surface area contributed by atoms with E-state index in [0.717, 1.165) is 22.2 Å². The number of hydrogen-bond acceptors (Lipinski definition) is 0. The van der Waals surface area contributed by atoms with Crippen molar-refractivity contribution < 1.29 is 4.39 Å². The zero-order valence-electron chi connectivity index (χ0n) is 8.83. The van der Waals surface area contributed by atoms with E-state index >= 15 is 0 Å². The minimum Gasteiger partial charge on any atom is -0.355 e. The van der Waals surface area contributed by atoms with Crippen LogP contribution in [0, 0.1) is 0 Å². The number of fused-ring (bicyclic) bond motifs is 1. The van der Waals surface area contributed by atoms with Crippen LogP contribution < -0.4 is 0 Å². The van der Waals surface area contributed by atoms with Crippen molar-refractivity contribution in [1.82, 2.24) is 4.98 Å². The summed E-state index contributed by atoms with van der Waals surface area (Å²) in [6, 6.07) is 7.86. The molecule has 1 nitrogen and oxygen atoms in total. The highest BCUT2D eigenvalue weighted by Crippen LogP contribution is 2.24. The maximum absolute atomic E-state index is 12.6. The van der Waals surface area contributed by atoms with Crippen molar-refractivity contribution in [2.24, 2.45) is 0 Å². The molecule has 0 aliphatic carbocycles. The van der Waals surface area contributed by atoms with E-state index < -0.39 is 5.83 Å². The van der Waals surface area contributed by atoms with Gasteiger partial charge in [0.1, 0.15) is 5.83 Å². The van der Waals surface area contributed by atoms with Crippen LogP contribution in [0.3, 0.4) is 0 Å². The zero-order valence-corrected chi connectivity index (χ0v) is 8.83. The normalized spacial score (nSPS) is 11.1. The Balaban J connectivity index is 2.64. The lowest BCUT2D eigenvalue weighted by Crippen LogP contribution is -1.74. The first kappa shape index (κ1) is 10.4. The minimum atomic E-state index is -0.458. The molecule has 0 aliphatic heterocycles. The van der Waals surface area contributed by atoms with Crippen molar-refractivity contribution in [3.63, 3.8) is 0 Å². The molecule has 1 aromatic carbocycles. The molecule has 0 bridgehead atoms. The minimum absolute atomic E-state index is 0.458. The van der Waals surface area contributed by atoms with Crippen molar-refractivity contribution in [2.75, 3.05) is 0 Å². The van der Waals surface area contributed by atoms with Gasteiger partial charge in [-0.1, -0.05) is 31.4 Å². The largest absolute Gasteiger partial charge is 0.355 e. The van der Waals surface area contributed by atoms with Gasteiger partial charge >= 0.3 is 0 Å². The van der Waals surface area contributed by atoms with E-state index in [1.54, 1.807) is 12.2 Å². The summed E-state index contributed by atoms with van der Waals surface area (Å²) in [6.07, 6.45) is 4.78. The highest BCUT2D eigenvalue weighted by atomic mass is 19.1. The number of H-pyrrole nitrogens is 1. The van der Waals surface area contributed by atoms with Gasteiger partial charge in [-0.15, -0.1) is 0 Å². The number of nitrogens with one attached hydrogen (secondary N) is 1. The Morgan fingerprint density at radius 3 is 2.75 bits per heavy atom. The van der Waals surface area contributed by atoms with Crippen LogP contribution >= 0.6 is 0 Å². The second-order valence-electron chi connectivity index (χ2n) is 3.48. The van der Waals surface area contributed by atoms with Crippen molar-refractivity contribution in [3.8, 4) is 0 Å². The van der Waals surface area contributed by atoms with E-state index in [1.165, 1.54) is 6.08 Å². The molecule has 16 heavy (non-hydrogen) atoms. The number of para-hydroxylation sites is 1. The van der Waals surface area contributed by atoms with E-state index in [1.807, 2.05) is 24.3 Å². The SMILES string of the molecule is C=Cc1[nH]c2ccccc2c1/C=C\C(=C)F. The number of aromatic nitrogens is 1. The van der Waals surface area contributed by atoms with Gasteiger partial charge in [-0.2, -0.15) is 0 Å². The fourth-order valence-corrected chi connectivity index (χ4v) is 1.70. The molecule has 0 radical (unpaired) electrons. The van der Waals surface area contributed by atoms with Gasteiger partial charge in [0.05, 0.1) is 0 Å². The molecule has 0 amide bonds. The molecule has 0 fully saturated rings. The monoisotopic (exact) mass is 213 g/mol. The Labute approximate surface area is 93.6 Å². The average molecular weight is 213 g/mol. The average Bonchev–Trinajstić information content (AvgIpc) is 2.64. The first-order chi connectivity index (χ1) is 7.72. The first-order valence-corrected chi connectivity index (χ1v) is 4.98. The van der Waals surface area contributed by atoms with Gasteiger partial charge in [-0.25, -0.2) is 4.39 Å². The quantitative estimate of drug-likeness (QED) is 0.731. The van der Waals surface area contributed by atoms with Crippen LogP contribution in [0.2, 0.25) is 0 Å². The fourth-order valence-electron chi connectivity index (χ4n) is 1.70. The number of hydrogen-bond donors (Lipinski definition) is 1. The first-order valence-electron chi connectivity index (χ1n) is 4.98. The molecule has 0 spiro atoms. The van der Waals surface area contributed by atoms with Gasteiger partial charge in [-0.05, 0) is 24.3 Å². The van der Waals surface area contributed by atoms with E-state index in [4.69, 9.17) is 0 Å². The third-order valence-corrected chi connectivity index (χ3v) is 2.41. The van der Waals surface area contributed by atoms with Gasteiger partial charge < -0.3 is 4.98 Å². The summed E-state index contributed by atoms with van der Waals surface area (Å²) >= 11 is 0. The second-order valence-corrected chi connectivity index (χ2v) is 3.48. The van der Waals surface area contributed by atoms with Crippen molar-refractivity contribution >= 4 is 23.1 Å². The number of allylic oxidation sites excluding steroid dienone is 2. The molecule has 1 N–H and O–H groups in total. The van der Waals surface area contributed by atoms with Crippen LogP contribution in [0.15, 0.2) is 49.3 Å². The number of rotatable bonds is 3. The summed E-state index contributed by atoms with van der Waals surface area (Å²) < 4.78 is 12.6.